The number of aryl methyl sites for hydroxylation is 1. The Balaban J connectivity index is 2.18. The predicted molar refractivity (Wildman–Crippen MR) is 99.9 cm³/mol. The van der Waals surface area contributed by atoms with Crippen molar-refractivity contribution in [2.45, 2.75) is 39.7 Å². The van der Waals surface area contributed by atoms with Crippen molar-refractivity contribution in [1.82, 2.24) is 4.98 Å². The number of rotatable bonds is 5. The predicted octanol–water partition coefficient (Wildman–Crippen LogP) is 3.22. The second-order valence-corrected chi connectivity index (χ2v) is 7.01. The lowest BCUT2D eigenvalue weighted by atomic mass is 10.1. The number of aromatic nitrogens is 1. The number of carbonyl (C=O) groups is 3. The number of ether oxygens (including phenoxy) is 1. The number of aromatic carboxylic acids is 1. The number of benzene rings is 1. The first-order chi connectivity index (χ1) is 12.6. The number of carboxylic acids is 1. The number of pyridine rings is 1. The fourth-order valence-electron chi connectivity index (χ4n) is 2.43. The van der Waals surface area contributed by atoms with Crippen LogP contribution < -0.4 is 5.32 Å². The fraction of sp³-hybridized carbons (Fsp3) is 0.300. The van der Waals surface area contributed by atoms with Crippen molar-refractivity contribution in [3.63, 3.8) is 0 Å². The topological polar surface area (TPSA) is 106 Å². The summed E-state index contributed by atoms with van der Waals surface area (Å²) in [6, 6.07) is 9.59. The third-order valence-electron chi connectivity index (χ3n) is 3.57. The van der Waals surface area contributed by atoms with Crippen molar-refractivity contribution < 1.29 is 24.2 Å². The number of nitrogens with one attached hydrogen (secondary N) is 1. The Morgan fingerprint density at radius 3 is 2.37 bits per heavy atom. The van der Waals surface area contributed by atoms with Crippen LogP contribution in [0.25, 0.3) is 0 Å². The number of nitrogens with zero attached hydrogens (tertiary/aromatic N) is 1. The molecule has 0 bridgehead atoms. The lowest BCUT2D eigenvalue weighted by Crippen LogP contribution is -2.25. The lowest BCUT2D eigenvalue weighted by Gasteiger charge is -2.20. The minimum absolute atomic E-state index is 0.0120. The molecular weight excluding hydrogens is 348 g/mol. The number of carboxylic acid groups (broad SMARTS) is 1. The zero-order chi connectivity index (χ0) is 20.2. The van der Waals surface area contributed by atoms with E-state index in [1.165, 1.54) is 19.1 Å². The van der Waals surface area contributed by atoms with Crippen molar-refractivity contribution in [2.75, 3.05) is 5.32 Å². The van der Waals surface area contributed by atoms with Crippen molar-refractivity contribution in [3.05, 3.63) is 58.9 Å². The Hall–Kier alpha value is -3.22. The second kappa shape index (κ2) is 7.99. The van der Waals surface area contributed by atoms with Crippen molar-refractivity contribution in [2.24, 2.45) is 0 Å². The highest BCUT2D eigenvalue weighted by Gasteiger charge is 2.19. The van der Waals surface area contributed by atoms with Gasteiger partial charge in [0.05, 0.1) is 17.7 Å². The molecule has 2 aromatic rings. The zero-order valence-electron chi connectivity index (χ0n) is 15.7. The SMILES string of the molecule is Cc1nc(C(=O)Nc2ccccc2CC(=O)OC(C)(C)C)ccc1C(=O)O. The van der Waals surface area contributed by atoms with Gasteiger partial charge in [0, 0.05) is 5.69 Å². The largest absolute Gasteiger partial charge is 0.478 e. The quantitative estimate of drug-likeness (QED) is 0.783. The summed E-state index contributed by atoms with van der Waals surface area (Å²) in [5.74, 6) is -2.00. The highest BCUT2D eigenvalue weighted by Crippen LogP contribution is 2.19. The molecule has 0 aliphatic carbocycles. The fourth-order valence-corrected chi connectivity index (χ4v) is 2.43. The summed E-state index contributed by atoms with van der Waals surface area (Å²) in [6.07, 6.45) is 0.0120. The Kier molecular flexibility index (Phi) is 5.95. The van der Waals surface area contributed by atoms with Crippen LogP contribution in [-0.2, 0) is 16.0 Å². The van der Waals surface area contributed by atoms with Crippen LogP contribution >= 0.6 is 0 Å². The Morgan fingerprint density at radius 2 is 1.78 bits per heavy atom. The van der Waals surface area contributed by atoms with Gasteiger partial charge in [0.15, 0.2) is 0 Å². The number of para-hydroxylation sites is 1. The highest BCUT2D eigenvalue weighted by atomic mass is 16.6. The maximum atomic E-state index is 12.5. The number of carbonyl (C=O) groups excluding carboxylic acids is 2. The van der Waals surface area contributed by atoms with Crippen LogP contribution in [0.4, 0.5) is 5.69 Å². The van der Waals surface area contributed by atoms with Crippen LogP contribution in [0.5, 0.6) is 0 Å². The molecule has 0 saturated heterocycles. The molecule has 0 atom stereocenters. The third kappa shape index (κ3) is 5.64. The van der Waals surface area contributed by atoms with E-state index in [0.717, 1.165) is 0 Å². The van der Waals surface area contributed by atoms with E-state index in [2.05, 4.69) is 10.3 Å². The summed E-state index contributed by atoms with van der Waals surface area (Å²) in [6.45, 7) is 6.88. The van der Waals surface area contributed by atoms with Crippen LogP contribution in [0.3, 0.4) is 0 Å². The summed E-state index contributed by atoms with van der Waals surface area (Å²) in [4.78, 5) is 39.7. The van der Waals surface area contributed by atoms with Gasteiger partial charge in [-0.2, -0.15) is 0 Å². The molecule has 0 spiro atoms. The lowest BCUT2D eigenvalue weighted by molar-refractivity contribution is -0.153. The van der Waals surface area contributed by atoms with Crippen molar-refractivity contribution in [3.8, 4) is 0 Å². The summed E-state index contributed by atoms with van der Waals surface area (Å²) < 4.78 is 5.32. The number of hydrogen-bond acceptors (Lipinski definition) is 5. The van der Waals surface area contributed by atoms with Gasteiger partial charge in [-0.3, -0.25) is 9.59 Å². The monoisotopic (exact) mass is 370 g/mol. The molecule has 7 nitrogen and oxygen atoms in total. The number of esters is 1. The number of hydrogen-bond donors (Lipinski definition) is 2. The van der Waals surface area contributed by atoms with E-state index < -0.39 is 23.4 Å². The highest BCUT2D eigenvalue weighted by molar-refractivity contribution is 6.04. The number of amides is 1. The maximum absolute atomic E-state index is 12.5. The summed E-state index contributed by atoms with van der Waals surface area (Å²) >= 11 is 0. The molecule has 1 aromatic heterocycles. The van der Waals surface area contributed by atoms with Gasteiger partial charge in [0.1, 0.15) is 11.3 Å². The third-order valence-corrected chi connectivity index (χ3v) is 3.57. The van der Waals surface area contributed by atoms with Gasteiger partial charge in [0.2, 0.25) is 0 Å². The molecule has 142 valence electrons. The van der Waals surface area contributed by atoms with E-state index in [4.69, 9.17) is 9.84 Å². The van der Waals surface area contributed by atoms with Gasteiger partial charge in [-0.05, 0) is 51.5 Å². The normalized spacial score (nSPS) is 11.0. The minimum atomic E-state index is -1.10. The number of anilines is 1. The Bertz CT molecular complexity index is 884. The van der Waals surface area contributed by atoms with Gasteiger partial charge in [-0.15, -0.1) is 0 Å². The molecule has 0 radical (unpaired) electrons. The van der Waals surface area contributed by atoms with Crippen molar-refractivity contribution >= 4 is 23.5 Å². The second-order valence-electron chi connectivity index (χ2n) is 7.01. The molecule has 1 aromatic carbocycles. The average molecular weight is 370 g/mol. The van der Waals surface area contributed by atoms with E-state index in [1.807, 2.05) is 0 Å². The molecular formula is C20H22N2O5. The Labute approximate surface area is 157 Å². The van der Waals surface area contributed by atoms with Crippen molar-refractivity contribution in [1.29, 1.82) is 0 Å². The van der Waals surface area contributed by atoms with Crippen LogP contribution in [0.1, 0.15) is 52.9 Å². The molecule has 0 fully saturated rings. The van der Waals surface area contributed by atoms with E-state index in [0.29, 0.717) is 11.3 Å². The molecule has 1 amide bonds. The molecule has 0 saturated carbocycles. The molecule has 2 N–H and O–H groups in total. The van der Waals surface area contributed by atoms with Gasteiger partial charge in [-0.1, -0.05) is 18.2 Å². The van der Waals surface area contributed by atoms with Crippen LogP contribution in [0.2, 0.25) is 0 Å². The van der Waals surface area contributed by atoms with E-state index in [1.54, 1.807) is 45.0 Å². The smallest absolute Gasteiger partial charge is 0.337 e. The minimum Gasteiger partial charge on any atom is -0.478 e. The Morgan fingerprint density at radius 1 is 1.11 bits per heavy atom. The maximum Gasteiger partial charge on any atom is 0.337 e. The van der Waals surface area contributed by atoms with Gasteiger partial charge >= 0.3 is 11.9 Å². The van der Waals surface area contributed by atoms with Gasteiger partial charge < -0.3 is 15.2 Å². The first-order valence-corrected chi connectivity index (χ1v) is 8.39. The molecule has 2 rings (SSSR count). The average Bonchev–Trinajstić information content (AvgIpc) is 2.54. The van der Waals surface area contributed by atoms with Crippen LogP contribution in [0, 0.1) is 6.92 Å². The van der Waals surface area contributed by atoms with Gasteiger partial charge in [0.25, 0.3) is 5.91 Å². The van der Waals surface area contributed by atoms with E-state index >= 15 is 0 Å². The molecule has 0 aliphatic heterocycles. The standard InChI is InChI=1S/C20H22N2O5/c1-12-14(19(25)26)9-10-16(21-12)18(24)22-15-8-6-5-7-13(15)11-17(23)27-20(2,3)4/h5-10H,11H2,1-4H3,(H,22,24)(H,25,26). The molecule has 7 heteroatoms. The molecule has 0 unspecified atom stereocenters. The zero-order valence-corrected chi connectivity index (χ0v) is 15.7. The van der Waals surface area contributed by atoms with Crippen LogP contribution in [0.15, 0.2) is 36.4 Å². The first-order valence-electron chi connectivity index (χ1n) is 8.39. The summed E-state index contributed by atoms with van der Waals surface area (Å²) in [5, 5.41) is 11.8. The summed E-state index contributed by atoms with van der Waals surface area (Å²) in [5.41, 5.74) is 0.857. The molecule has 1 heterocycles. The van der Waals surface area contributed by atoms with E-state index in [9.17, 15) is 14.4 Å². The molecule has 0 aliphatic rings. The van der Waals surface area contributed by atoms with E-state index in [-0.39, 0.29) is 23.4 Å². The molecule has 27 heavy (non-hydrogen) atoms. The van der Waals surface area contributed by atoms with Gasteiger partial charge in [-0.25, -0.2) is 9.78 Å². The first kappa shape index (κ1) is 20.1. The summed E-state index contributed by atoms with van der Waals surface area (Å²) in [7, 11) is 0. The van der Waals surface area contributed by atoms with Crippen LogP contribution in [-0.4, -0.2) is 33.5 Å².